The normalized spacial score (nSPS) is 12.9. The number of benzene rings is 2. The molecular weight excluding hydrogens is 274 g/mol. The van der Waals surface area contributed by atoms with Crippen LogP contribution in [-0.2, 0) is 6.42 Å². The van der Waals surface area contributed by atoms with E-state index in [-0.39, 0.29) is 11.8 Å². The molecule has 4 heteroatoms. The van der Waals surface area contributed by atoms with Crippen molar-refractivity contribution in [3.63, 3.8) is 0 Å². The van der Waals surface area contributed by atoms with Gasteiger partial charge < -0.3 is 15.8 Å². The van der Waals surface area contributed by atoms with Crippen molar-refractivity contribution in [3.05, 3.63) is 59.4 Å². The van der Waals surface area contributed by atoms with E-state index in [1.807, 2.05) is 18.2 Å². The molecule has 4 nitrogen and oxygen atoms in total. The van der Waals surface area contributed by atoms with Crippen molar-refractivity contribution in [2.45, 2.75) is 32.2 Å². The minimum Gasteiger partial charge on any atom is -0.508 e. The quantitative estimate of drug-likeness (QED) is 0.688. The summed E-state index contributed by atoms with van der Waals surface area (Å²) in [7, 11) is 0. The fraction of sp³-hybridized carbons (Fsp3) is 0.278. The minimum atomic E-state index is -0.195. The van der Waals surface area contributed by atoms with Crippen molar-refractivity contribution < 1.29 is 5.11 Å². The lowest BCUT2D eigenvalue weighted by Crippen LogP contribution is -2.14. The van der Waals surface area contributed by atoms with E-state index in [0.29, 0.717) is 12.3 Å². The van der Waals surface area contributed by atoms with E-state index >= 15 is 0 Å². The zero-order valence-corrected chi connectivity index (χ0v) is 12.9. The summed E-state index contributed by atoms with van der Waals surface area (Å²) < 4.78 is 0. The summed E-state index contributed by atoms with van der Waals surface area (Å²) in [6.45, 7) is 4.35. The fourth-order valence-corrected chi connectivity index (χ4v) is 2.56. The minimum absolute atomic E-state index is 0.195. The van der Waals surface area contributed by atoms with Crippen molar-refractivity contribution in [3.8, 4) is 5.75 Å². The number of nitrogens with one attached hydrogen (secondary N) is 1. The molecule has 0 fully saturated rings. The van der Waals surface area contributed by atoms with Crippen LogP contribution in [0, 0.1) is 0 Å². The van der Waals surface area contributed by atoms with Gasteiger partial charge in [0.25, 0.3) is 0 Å². The summed E-state index contributed by atoms with van der Waals surface area (Å²) in [5, 5.41) is 9.32. The van der Waals surface area contributed by atoms with Gasteiger partial charge in [0, 0.05) is 0 Å². The molecule has 0 bridgehead atoms. The number of H-pyrrole nitrogens is 1. The number of rotatable bonds is 4. The number of hydrogen-bond acceptors (Lipinski definition) is 3. The summed E-state index contributed by atoms with van der Waals surface area (Å²) in [5.74, 6) is 1.55. The van der Waals surface area contributed by atoms with Gasteiger partial charge in [0.1, 0.15) is 11.6 Å². The van der Waals surface area contributed by atoms with Crippen LogP contribution in [0.15, 0.2) is 42.5 Å². The predicted octanol–water partition coefficient (Wildman–Crippen LogP) is 3.63. The number of phenols is 1. The standard InChI is InChI=1S/C18H21N3O/c1-11(2)13-5-8-16-17(10-13)21-18(20-16)15(19)9-12-3-6-14(22)7-4-12/h3-8,10-11,15,22H,9,19H2,1-2H3,(H,20,21). The molecule has 0 saturated carbocycles. The highest BCUT2D eigenvalue weighted by Crippen LogP contribution is 2.22. The molecule has 1 aromatic heterocycles. The van der Waals surface area contributed by atoms with Gasteiger partial charge in [-0.25, -0.2) is 4.98 Å². The Morgan fingerprint density at radius 2 is 1.86 bits per heavy atom. The molecular formula is C18H21N3O. The van der Waals surface area contributed by atoms with Crippen LogP contribution in [0.5, 0.6) is 5.75 Å². The number of nitrogens with two attached hydrogens (primary N) is 1. The van der Waals surface area contributed by atoms with Gasteiger partial charge in [-0.05, 0) is 47.7 Å². The highest BCUT2D eigenvalue weighted by Gasteiger charge is 2.13. The average Bonchev–Trinajstić information content (AvgIpc) is 2.92. The Kier molecular flexibility index (Phi) is 3.86. The molecule has 3 rings (SSSR count). The molecule has 0 radical (unpaired) electrons. The first kappa shape index (κ1) is 14.6. The molecule has 1 atom stereocenters. The van der Waals surface area contributed by atoms with Crippen LogP contribution in [0.2, 0.25) is 0 Å². The van der Waals surface area contributed by atoms with Crippen molar-refractivity contribution in [1.29, 1.82) is 0 Å². The molecule has 0 aliphatic carbocycles. The maximum atomic E-state index is 9.32. The van der Waals surface area contributed by atoms with Crippen molar-refractivity contribution in [2.75, 3.05) is 0 Å². The lowest BCUT2D eigenvalue weighted by atomic mass is 10.0. The van der Waals surface area contributed by atoms with Crippen molar-refractivity contribution in [1.82, 2.24) is 9.97 Å². The predicted molar refractivity (Wildman–Crippen MR) is 88.9 cm³/mol. The summed E-state index contributed by atoms with van der Waals surface area (Å²) >= 11 is 0. The fourth-order valence-electron chi connectivity index (χ4n) is 2.56. The van der Waals surface area contributed by atoms with E-state index in [0.717, 1.165) is 22.4 Å². The van der Waals surface area contributed by atoms with Crippen LogP contribution in [-0.4, -0.2) is 15.1 Å². The number of hydrogen-bond donors (Lipinski definition) is 3. The van der Waals surface area contributed by atoms with Gasteiger partial charge in [0.15, 0.2) is 0 Å². The first-order valence-electron chi connectivity index (χ1n) is 7.56. The summed E-state index contributed by atoms with van der Waals surface area (Å²) in [6, 6.07) is 13.2. The molecule has 0 amide bonds. The zero-order chi connectivity index (χ0) is 15.7. The average molecular weight is 295 g/mol. The Labute approximate surface area is 130 Å². The van der Waals surface area contributed by atoms with Gasteiger partial charge in [-0.3, -0.25) is 0 Å². The first-order valence-corrected chi connectivity index (χ1v) is 7.56. The number of phenolic OH excluding ortho intramolecular Hbond substituents is 1. The summed E-state index contributed by atoms with van der Waals surface area (Å²) in [6.07, 6.45) is 0.678. The second kappa shape index (κ2) is 5.81. The maximum Gasteiger partial charge on any atom is 0.124 e. The van der Waals surface area contributed by atoms with E-state index in [1.54, 1.807) is 12.1 Å². The molecule has 1 unspecified atom stereocenters. The van der Waals surface area contributed by atoms with E-state index in [9.17, 15) is 5.11 Å². The maximum absolute atomic E-state index is 9.32. The highest BCUT2D eigenvalue weighted by molar-refractivity contribution is 5.76. The van der Waals surface area contributed by atoms with Gasteiger partial charge >= 0.3 is 0 Å². The first-order chi connectivity index (χ1) is 10.5. The second-order valence-corrected chi connectivity index (χ2v) is 6.03. The lowest BCUT2D eigenvalue weighted by Gasteiger charge is -2.08. The van der Waals surface area contributed by atoms with Crippen molar-refractivity contribution in [2.24, 2.45) is 5.73 Å². The molecule has 1 heterocycles. The van der Waals surface area contributed by atoms with Gasteiger partial charge in [-0.15, -0.1) is 0 Å². The number of imidazole rings is 1. The second-order valence-electron chi connectivity index (χ2n) is 6.03. The van der Waals surface area contributed by atoms with Crippen LogP contribution in [0.1, 0.15) is 42.8 Å². The topological polar surface area (TPSA) is 74.9 Å². The Bertz CT molecular complexity index is 775. The van der Waals surface area contributed by atoms with E-state index < -0.39 is 0 Å². The van der Waals surface area contributed by atoms with Gasteiger partial charge in [-0.1, -0.05) is 32.0 Å². The molecule has 0 spiro atoms. The van der Waals surface area contributed by atoms with Crippen LogP contribution >= 0.6 is 0 Å². The third kappa shape index (κ3) is 2.97. The number of fused-ring (bicyclic) bond motifs is 1. The molecule has 2 aromatic carbocycles. The molecule has 0 aliphatic rings. The molecule has 22 heavy (non-hydrogen) atoms. The Hall–Kier alpha value is -2.33. The molecule has 114 valence electrons. The third-order valence-electron chi connectivity index (χ3n) is 3.93. The zero-order valence-electron chi connectivity index (χ0n) is 12.9. The van der Waals surface area contributed by atoms with Gasteiger partial charge in [0.05, 0.1) is 17.1 Å². The smallest absolute Gasteiger partial charge is 0.124 e. The Morgan fingerprint density at radius 1 is 1.14 bits per heavy atom. The number of aromatic amines is 1. The number of nitrogens with zero attached hydrogens (tertiary/aromatic N) is 1. The SMILES string of the molecule is CC(C)c1ccc2nc(C(N)Cc3ccc(O)cc3)[nH]c2c1. The van der Waals surface area contributed by atoms with E-state index in [4.69, 9.17) is 5.73 Å². The van der Waals surface area contributed by atoms with Crippen LogP contribution < -0.4 is 5.73 Å². The molecule has 3 aromatic rings. The van der Waals surface area contributed by atoms with E-state index in [1.165, 1.54) is 5.56 Å². The summed E-state index contributed by atoms with van der Waals surface area (Å²) in [5.41, 5.74) is 10.6. The van der Waals surface area contributed by atoms with Crippen LogP contribution in [0.25, 0.3) is 11.0 Å². The van der Waals surface area contributed by atoms with Gasteiger partial charge in [-0.2, -0.15) is 0 Å². The van der Waals surface area contributed by atoms with E-state index in [2.05, 4.69) is 35.9 Å². The lowest BCUT2D eigenvalue weighted by molar-refractivity contribution is 0.475. The monoisotopic (exact) mass is 295 g/mol. The Balaban J connectivity index is 1.84. The Morgan fingerprint density at radius 3 is 2.55 bits per heavy atom. The third-order valence-corrected chi connectivity index (χ3v) is 3.93. The largest absolute Gasteiger partial charge is 0.508 e. The highest BCUT2D eigenvalue weighted by atomic mass is 16.3. The van der Waals surface area contributed by atoms with Crippen molar-refractivity contribution >= 4 is 11.0 Å². The molecule has 0 saturated heterocycles. The van der Waals surface area contributed by atoms with Gasteiger partial charge in [0.2, 0.25) is 0 Å². The molecule has 0 aliphatic heterocycles. The number of aromatic hydroxyl groups is 1. The molecule has 4 N–H and O–H groups in total. The van der Waals surface area contributed by atoms with Crippen LogP contribution in [0.3, 0.4) is 0 Å². The number of aromatic nitrogens is 2. The van der Waals surface area contributed by atoms with Crippen LogP contribution in [0.4, 0.5) is 0 Å². The summed E-state index contributed by atoms with van der Waals surface area (Å²) in [4.78, 5) is 7.93.